The predicted molar refractivity (Wildman–Crippen MR) is 135 cm³/mol. The van der Waals surface area contributed by atoms with Gasteiger partial charge in [0.2, 0.25) is 5.95 Å². The van der Waals surface area contributed by atoms with Crippen molar-refractivity contribution in [3.63, 3.8) is 0 Å². The minimum absolute atomic E-state index is 0. The highest BCUT2D eigenvalue weighted by Gasteiger charge is 2.18. The Morgan fingerprint density at radius 3 is 2.33 bits per heavy atom. The van der Waals surface area contributed by atoms with E-state index in [4.69, 9.17) is 4.99 Å². The number of nitrogens with zero attached hydrogens (tertiary/aromatic N) is 5. The largest absolute Gasteiger partial charge is 0.357 e. The van der Waals surface area contributed by atoms with Crippen LogP contribution in [-0.4, -0.2) is 66.6 Å². The number of benzene rings is 1. The number of nitrogens with one attached hydrogen (secondary N) is 2. The van der Waals surface area contributed by atoms with E-state index in [0.29, 0.717) is 6.54 Å². The highest BCUT2D eigenvalue weighted by atomic mass is 127. The molecule has 0 atom stereocenters. The highest BCUT2D eigenvalue weighted by Crippen LogP contribution is 2.11. The summed E-state index contributed by atoms with van der Waals surface area (Å²) in [6.07, 6.45) is 4.65. The molecule has 30 heavy (non-hydrogen) atoms. The molecule has 0 bridgehead atoms. The molecule has 1 saturated heterocycles. The summed E-state index contributed by atoms with van der Waals surface area (Å²) in [6, 6.07) is 10.4. The average Bonchev–Trinajstić information content (AvgIpc) is 2.78. The Morgan fingerprint density at radius 1 is 0.967 bits per heavy atom. The summed E-state index contributed by atoms with van der Waals surface area (Å²) < 4.78 is 0. The van der Waals surface area contributed by atoms with Gasteiger partial charge in [0, 0.05) is 58.2 Å². The zero-order chi connectivity index (χ0) is 20.3. The van der Waals surface area contributed by atoms with Crippen LogP contribution in [0, 0.1) is 0 Å². The molecule has 0 unspecified atom stereocenters. The Labute approximate surface area is 197 Å². The third-order valence-corrected chi connectivity index (χ3v) is 5.18. The minimum atomic E-state index is 0. The van der Waals surface area contributed by atoms with Gasteiger partial charge in [0.05, 0.1) is 6.54 Å². The molecule has 1 aromatic heterocycles. The van der Waals surface area contributed by atoms with Gasteiger partial charge >= 0.3 is 0 Å². The van der Waals surface area contributed by atoms with Gasteiger partial charge in [-0.3, -0.25) is 4.90 Å². The number of guanidine groups is 1. The number of hydrogen-bond acceptors (Lipinski definition) is 5. The van der Waals surface area contributed by atoms with E-state index in [1.807, 2.05) is 6.07 Å². The van der Waals surface area contributed by atoms with Crippen molar-refractivity contribution < 1.29 is 0 Å². The molecule has 0 amide bonds. The van der Waals surface area contributed by atoms with E-state index in [-0.39, 0.29) is 24.0 Å². The fourth-order valence-electron chi connectivity index (χ4n) is 3.52. The van der Waals surface area contributed by atoms with Crippen molar-refractivity contribution in [3.05, 3.63) is 53.9 Å². The zero-order valence-corrected chi connectivity index (χ0v) is 20.4. The number of anilines is 1. The van der Waals surface area contributed by atoms with Gasteiger partial charge in [0.1, 0.15) is 0 Å². The molecule has 1 aromatic carbocycles. The maximum absolute atomic E-state index is 4.78. The summed E-state index contributed by atoms with van der Waals surface area (Å²) in [4.78, 5) is 18.2. The topological polar surface area (TPSA) is 68.7 Å². The Balaban J connectivity index is 0.00000320. The molecule has 1 aliphatic heterocycles. The van der Waals surface area contributed by atoms with Crippen LogP contribution in [0.2, 0.25) is 0 Å². The molecule has 7 nitrogen and oxygen atoms in total. The molecule has 0 radical (unpaired) electrons. The van der Waals surface area contributed by atoms with Crippen molar-refractivity contribution in [2.75, 3.05) is 50.7 Å². The Morgan fingerprint density at radius 2 is 1.67 bits per heavy atom. The van der Waals surface area contributed by atoms with E-state index in [9.17, 15) is 0 Å². The van der Waals surface area contributed by atoms with Gasteiger partial charge in [-0.1, -0.05) is 31.2 Å². The standard InChI is InChI=1S/C22H33N7.HI/c1-3-19-8-5-6-9-20(19)18-27-21(23-4-2)24-12-13-28-14-16-29(17-15-28)22-25-10-7-11-26-22;/h5-11H,3-4,12-18H2,1-2H3,(H2,23,24,27);1H. The van der Waals surface area contributed by atoms with E-state index in [0.717, 1.165) is 64.1 Å². The third kappa shape index (κ3) is 7.39. The Kier molecular flexibility index (Phi) is 10.9. The van der Waals surface area contributed by atoms with Crippen LogP contribution in [-0.2, 0) is 13.0 Å². The molecule has 2 aromatic rings. The number of aromatic nitrogens is 2. The Hall–Kier alpha value is -1.94. The molecular weight excluding hydrogens is 489 g/mol. The van der Waals surface area contributed by atoms with E-state index in [1.54, 1.807) is 12.4 Å². The molecule has 0 spiro atoms. The highest BCUT2D eigenvalue weighted by molar-refractivity contribution is 14.0. The summed E-state index contributed by atoms with van der Waals surface area (Å²) in [6.45, 7) is 11.7. The van der Waals surface area contributed by atoms with E-state index in [1.165, 1.54) is 11.1 Å². The van der Waals surface area contributed by atoms with Crippen LogP contribution in [0.1, 0.15) is 25.0 Å². The lowest BCUT2D eigenvalue weighted by atomic mass is 10.1. The second-order valence-corrected chi connectivity index (χ2v) is 7.12. The summed E-state index contributed by atoms with van der Waals surface area (Å²) in [5.41, 5.74) is 2.67. The second kappa shape index (κ2) is 13.4. The van der Waals surface area contributed by atoms with Gasteiger partial charge in [-0.15, -0.1) is 24.0 Å². The number of aryl methyl sites for hydroxylation is 1. The van der Waals surface area contributed by atoms with Crippen LogP contribution in [0.15, 0.2) is 47.7 Å². The molecule has 8 heteroatoms. The van der Waals surface area contributed by atoms with E-state index < -0.39 is 0 Å². The number of aliphatic imine (C=N–C) groups is 1. The van der Waals surface area contributed by atoms with Crippen LogP contribution < -0.4 is 15.5 Å². The lowest BCUT2D eigenvalue weighted by molar-refractivity contribution is 0.260. The van der Waals surface area contributed by atoms with Gasteiger partial charge in [-0.25, -0.2) is 15.0 Å². The van der Waals surface area contributed by atoms with Crippen LogP contribution >= 0.6 is 24.0 Å². The monoisotopic (exact) mass is 523 g/mol. The molecule has 2 heterocycles. The minimum Gasteiger partial charge on any atom is -0.357 e. The van der Waals surface area contributed by atoms with Gasteiger partial charge in [-0.05, 0) is 30.5 Å². The first kappa shape index (κ1) is 24.3. The molecule has 164 valence electrons. The first-order valence-corrected chi connectivity index (χ1v) is 10.6. The predicted octanol–water partition coefficient (Wildman–Crippen LogP) is 2.53. The van der Waals surface area contributed by atoms with E-state index >= 15 is 0 Å². The third-order valence-electron chi connectivity index (χ3n) is 5.18. The van der Waals surface area contributed by atoms with Crippen molar-refractivity contribution in [2.24, 2.45) is 4.99 Å². The van der Waals surface area contributed by atoms with Crippen molar-refractivity contribution in [3.8, 4) is 0 Å². The molecule has 2 N–H and O–H groups in total. The van der Waals surface area contributed by atoms with Crippen molar-refractivity contribution in [1.82, 2.24) is 25.5 Å². The van der Waals surface area contributed by atoms with E-state index in [2.05, 4.69) is 68.5 Å². The second-order valence-electron chi connectivity index (χ2n) is 7.12. The first-order valence-electron chi connectivity index (χ1n) is 10.6. The van der Waals surface area contributed by atoms with Gasteiger partial charge in [0.15, 0.2) is 5.96 Å². The maximum atomic E-state index is 4.78. The molecule has 1 fully saturated rings. The zero-order valence-electron chi connectivity index (χ0n) is 18.0. The molecule has 0 aliphatic carbocycles. The number of rotatable bonds is 8. The van der Waals surface area contributed by atoms with Crippen LogP contribution in [0.3, 0.4) is 0 Å². The molecular formula is C22H34IN7. The summed E-state index contributed by atoms with van der Waals surface area (Å²) >= 11 is 0. The molecule has 3 rings (SSSR count). The van der Waals surface area contributed by atoms with Crippen molar-refractivity contribution in [2.45, 2.75) is 26.8 Å². The lowest BCUT2D eigenvalue weighted by Gasteiger charge is -2.34. The van der Waals surface area contributed by atoms with Gasteiger partial charge in [-0.2, -0.15) is 0 Å². The SMILES string of the molecule is CCNC(=NCc1ccccc1CC)NCCN1CCN(c2ncccn2)CC1.I. The number of piperazine rings is 1. The maximum Gasteiger partial charge on any atom is 0.225 e. The Bertz CT molecular complexity index is 761. The quantitative estimate of drug-likeness (QED) is 0.315. The van der Waals surface area contributed by atoms with Crippen molar-refractivity contribution in [1.29, 1.82) is 0 Å². The summed E-state index contributed by atoms with van der Waals surface area (Å²) in [5.74, 6) is 1.72. The lowest BCUT2D eigenvalue weighted by Crippen LogP contribution is -2.49. The van der Waals surface area contributed by atoms with Gasteiger partial charge in [0.25, 0.3) is 0 Å². The first-order chi connectivity index (χ1) is 14.3. The number of halogens is 1. The van der Waals surface area contributed by atoms with Gasteiger partial charge < -0.3 is 15.5 Å². The van der Waals surface area contributed by atoms with Crippen LogP contribution in [0.5, 0.6) is 0 Å². The van der Waals surface area contributed by atoms with Crippen molar-refractivity contribution >= 4 is 35.9 Å². The summed E-state index contributed by atoms with van der Waals surface area (Å²) in [5, 5.41) is 6.83. The average molecular weight is 523 g/mol. The molecule has 0 saturated carbocycles. The molecule has 1 aliphatic rings. The smallest absolute Gasteiger partial charge is 0.225 e. The summed E-state index contributed by atoms with van der Waals surface area (Å²) in [7, 11) is 0. The van der Waals surface area contributed by atoms with Crippen LogP contribution in [0.4, 0.5) is 5.95 Å². The normalized spacial score (nSPS) is 14.9. The fraction of sp³-hybridized carbons (Fsp3) is 0.500. The van der Waals surface area contributed by atoms with Crippen LogP contribution in [0.25, 0.3) is 0 Å². The fourth-order valence-corrected chi connectivity index (χ4v) is 3.52. The number of hydrogen-bond donors (Lipinski definition) is 2.